The zero-order chi connectivity index (χ0) is 11.0. The van der Waals surface area contributed by atoms with E-state index in [1.165, 1.54) is 0 Å². The first-order chi connectivity index (χ1) is 7.11. The SMILES string of the molecule is O=C([O-])C1c2ccccc2CC1P([O-])O.[Na+].[Na+]. The van der Waals surface area contributed by atoms with Gasteiger partial charge in [0.15, 0.2) is 0 Å². The number of carbonyl (C=O) groups excluding carboxylic acids is 1. The van der Waals surface area contributed by atoms with Crippen molar-refractivity contribution in [3.8, 4) is 0 Å². The van der Waals surface area contributed by atoms with Gasteiger partial charge in [0.05, 0.1) is 0 Å². The van der Waals surface area contributed by atoms with E-state index in [9.17, 15) is 14.8 Å². The maximum Gasteiger partial charge on any atom is 1.00 e. The molecule has 17 heavy (non-hydrogen) atoms. The third-order valence-electron chi connectivity index (χ3n) is 2.74. The van der Waals surface area contributed by atoms with E-state index in [2.05, 4.69) is 0 Å². The fraction of sp³-hybridized carbons (Fsp3) is 0.300. The minimum atomic E-state index is -2.49. The summed E-state index contributed by atoms with van der Waals surface area (Å²) < 4.78 is 0. The van der Waals surface area contributed by atoms with E-state index in [0.29, 0.717) is 12.0 Å². The van der Waals surface area contributed by atoms with Crippen LogP contribution < -0.4 is 69.1 Å². The van der Waals surface area contributed by atoms with Crippen molar-refractivity contribution in [1.82, 2.24) is 0 Å². The minimum Gasteiger partial charge on any atom is -0.808 e. The molecule has 0 aliphatic heterocycles. The van der Waals surface area contributed by atoms with E-state index in [-0.39, 0.29) is 59.1 Å². The number of carboxylic acids is 1. The van der Waals surface area contributed by atoms with Gasteiger partial charge in [0.2, 0.25) is 0 Å². The fourth-order valence-corrected chi connectivity index (χ4v) is 2.95. The van der Waals surface area contributed by atoms with Gasteiger partial charge in [0.25, 0.3) is 0 Å². The molecule has 1 N–H and O–H groups in total. The second-order valence-electron chi connectivity index (χ2n) is 3.57. The zero-order valence-electron chi connectivity index (χ0n) is 9.79. The summed E-state index contributed by atoms with van der Waals surface area (Å²) in [6.07, 6.45) is 0.334. The van der Waals surface area contributed by atoms with Gasteiger partial charge in [-0.05, 0) is 17.5 Å². The summed E-state index contributed by atoms with van der Waals surface area (Å²) in [6.45, 7) is 0. The second kappa shape index (κ2) is 7.59. The molecule has 1 aromatic rings. The van der Waals surface area contributed by atoms with Crippen molar-refractivity contribution in [3.63, 3.8) is 0 Å². The van der Waals surface area contributed by atoms with E-state index in [1.807, 2.05) is 0 Å². The van der Waals surface area contributed by atoms with Gasteiger partial charge in [0.1, 0.15) is 0 Å². The number of benzene rings is 1. The Bertz CT molecular complexity index is 400. The first kappa shape index (κ1) is 18.0. The molecule has 0 fully saturated rings. The largest absolute Gasteiger partial charge is 1.00 e. The predicted molar refractivity (Wildman–Crippen MR) is 50.8 cm³/mol. The van der Waals surface area contributed by atoms with E-state index >= 15 is 0 Å². The third kappa shape index (κ3) is 3.75. The topological polar surface area (TPSA) is 83.4 Å². The molecule has 0 heterocycles. The van der Waals surface area contributed by atoms with Crippen LogP contribution in [0.1, 0.15) is 17.0 Å². The van der Waals surface area contributed by atoms with E-state index in [0.717, 1.165) is 5.56 Å². The number of carbonyl (C=O) groups is 1. The molecule has 0 bridgehead atoms. The molecular weight excluding hydrogens is 261 g/mol. The van der Waals surface area contributed by atoms with Crippen molar-refractivity contribution in [2.75, 3.05) is 0 Å². The normalized spacial score (nSPS) is 22.9. The average Bonchev–Trinajstić information content (AvgIpc) is 2.56. The van der Waals surface area contributed by atoms with Crippen LogP contribution in [-0.4, -0.2) is 16.5 Å². The molecule has 0 radical (unpaired) electrons. The van der Waals surface area contributed by atoms with Crippen LogP contribution in [0.15, 0.2) is 24.3 Å². The smallest absolute Gasteiger partial charge is 0.808 e. The maximum absolute atomic E-state index is 11.0. The number of rotatable bonds is 2. The first-order valence-electron chi connectivity index (χ1n) is 4.55. The van der Waals surface area contributed by atoms with Crippen LogP contribution in [0.5, 0.6) is 0 Å². The molecule has 1 aliphatic carbocycles. The number of fused-ring (bicyclic) bond motifs is 1. The molecule has 7 heteroatoms. The molecule has 0 aromatic heterocycles. The van der Waals surface area contributed by atoms with E-state index in [4.69, 9.17) is 4.89 Å². The Morgan fingerprint density at radius 1 is 1.35 bits per heavy atom. The summed E-state index contributed by atoms with van der Waals surface area (Å²) in [5.74, 6) is -2.22. The molecule has 0 saturated carbocycles. The molecule has 4 nitrogen and oxygen atoms in total. The van der Waals surface area contributed by atoms with Crippen molar-refractivity contribution in [2.45, 2.75) is 18.0 Å². The van der Waals surface area contributed by atoms with Crippen molar-refractivity contribution in [2.24, 2.45) is 0 Å². The van der Waals surface area contributed by atoms with Crippen LogP contribution in [0.3, 0.4) is 0 Å². The monoisotopic (exact) mass is 270 g/mol. The molecule has 3 atom stereocenters. The first-order valence-corrected chi connectivity index (χ1v) is 5.83. The number of hydrogen-bond acceptors (Lipinski definition) is 4. The summed E-state index contributed by atoms with van der Waals surface area (Å²) in [5.41, 5.74) is 0.691. The molecule has 1 aliphatic rings. The van der Waals surface area contributed by atoms with Crippen LogP contribution in [0.25, 0.3) is 0 Å². The standard InChI is InChI=1S/C10H10O4P.2Na/c11-10(12)9-7-4-2-1-3-6(7)5-8(9)15(13)14;;/h1-4,8-9,13H,5H2,(H,11,12);;/q-1;2*+1/p-1. The van der Waals surface area contributed by atoms with Gasteiger partial charge in [-0.3, -0.25) is 0 Å². The Hall–Kier alpha value is 1.04. The number of aliphatic carboxylic acids is 1. The summed E-state index contributed by atoms with van der Waals surface area (Å²) in [6, 6.07) is 6.97. The molecule has 0 amide bonds. The molecular formula is C10H9Na2O4P. The number of carboxylic acid groups (broad SMARTS) is 1. The van der Waals surface area contributed by atoms with Gasteiger partial charge in [-0.25, -0.2) is 0 Å². The Morgan fingerprint density at radius 3 is 2.47 bits per heavy atom. The average molecular weight is 270 g/mol. The molecule has 80 valence electrons. The van der Waals surface area contributed by atoms with Gasteiger partial charge < -0.3 is 19.7 Å². The summed E-state index contributed by atoms with van der Waals surface area (Å²) in [4.78, 5) is 31.0. The molecule has 0 spiro atoms. The molecule has 2 rings (SSSR count). The predicted octanol–water partition coefficient (Wildman–Crippen LogP) is -6.88. The molecule has 3 unspecified atom stereocenters. The van der Waals surface area contributed by atoms with E-state index < -0.39 is 25.9 Å². The van der Waals surface area contributed by atoms with Crippen LogP contribution >= 0.6 is 8.38 Å². The van der Waals surface area contributed by atoms with Gasteiger partial charge in [-0.2, -0.15) is 0 Å². The minimum absolute atomic E-state index is 0. The van der Waals surface area contributed by atoms with Crippen LogP contribution in [-0.2, 0) is 11.2 Å². The Morgan fingerprint density at radius 2 is 1.94 bits per heavy atom. The Kier molecular flexibility index (Phi) is 8.05. The van der Waals surface area contributed by atoms with E-state index in [1.54, 1.807) is 24.3 Å². The summed E-state index contributed by atoms with van der Waals surface area (Å²) in [7, 11) is -2.49. The fourth-order valence-electron chi connectivity index (χ4n) is 2.06. The third-order valence-corrected chi connectivity index (χ3v) is 3.79. The summed E-state index contributed by atoms with van der Waals surface area (Å²) in [5, 5.41) is 10.9. The summed E-state index contributed by atoms with van der Waals surface area (Å²) >= 11 is 0. The molecule has 1 aromatic carbocycles. The van der Waals surface area contributed by atoms with Crippen LogP contribution in [0, 0.1) is 0 Å². The van der Waals surface area contributed by atoms with Crippen LogP contribution in [0.2, 0.25) is 0 Å². The number of hydrogen-bond donors (Lipinski definition) is 1. The zero-order valence-corrected chi connectivity index (χ0v) is 14.7. The maximum atomic E-state index is 11.0. The van der Waals surface area contributed by atoms with Gasteiger partial charge in [0, 0.05) is 17.5 Å². The van der Waals surface area contributed by atoms with Crippen LogP contribution in [0.4, 0.5) is 0 Å². The van der Waals surface area contributed by atoms with Gasteiger partial charge in [-0.15, -0.1) is 0 Å². The van der Waals surface area contributed by atoms with Crippen molar-refractivity contribution in [1.29, 1.82) is 0 Å². The Balaban J connectivity index is 0.00000128. The quantitative estimate of drug-likeness (QED) is 0.427. The van der Waals surface area contributed by atoms with Gasteiger partial charge >= 0.3 is 59.1 Å². The van der Waals surface area contributed by atoms with Crippen molar-refractivity contribution >= 4 is 14.3 Å². The van der Waals surface area contributed by atoms with Crippen molar-refractivity contribution < 1.29 is 78.8 Å². The molecule has 0 saturated heterocycles. The second-order valence-corrected chi connectivity index (χ2v) is 4.84. The van der Waals surface area contributed by atoms with Gasteiger partial charge in [-0.1, -0.05) is 32.6 Å². The van der Waals surface area contributed by atoms with Crippen molar-refractivity contribution in [3.05, 3.63) is 35.4 Å². The Labute approximate surface area is 145 Å².